The molecule has 1 fully saturated rings. The number of fused-ring (bicyclic) bond motifs is 1. The Hall–Kier alpha value is -3.15. The summed E-state index contributed by atoms with van der Waals surface area (Å²) in [5.74, 6) is -0.174. The van der Waals surface area contributed by atoms with E-state index in [2.05, 4.69) is 5.32 Å². The fourth-order valence-corrected chi connectivity index (χ4v) is 3.59. The van der Waals surface area contributed by atoms with Crippen molar-refractivity contribution >= 4 is 16.8 Å². The minimum Gasteiger partial charge on any atom is -0.352 e. The molecule has 6 heteroatoms. The average molecular weight is 377 g/mol. The van der Waals surface area contributed by atoms with Crippen molar-refractivity contribution in [2.75, 3.05) is 0 Å². The van der Waals surface area contributed by atoms with Crippen LogP contribution >= 0.6 is 0 Å². The second-order valence-corrected chi connectivity index (χ2v) is 7.36. The number of benzene rings is 2. The quantitative estimate of drug-likeness (QED) is 0.743. The summed E-state index contributed by atoms with van der Waals surface area (Å²) < 4.78 is 2.64. The molecule has 1 heterocycles. The fourth-order valence-electron chi connectivity index (χ4n) is 3.59. The Bertz CT molecular complexity index is 1170. The first-order chi connectivity index (χ1) is 13.5. The lowest BCUT2D eigenvalue weighted by atomic mass is 10.1. The van der Waals surface area contributed by atoms with E-state index < -0.39 is 11.7 Å². The van der Waals surface area contributed by atoms with Gasteiger partial charge in [0, 0.05) is 6.04 Å². The maximum Gasteiger partial charge on any atom is 0.336 e. The molecule has 0 radical (unpaired) electrons. The van der Waals surface area contributed by atoms with Gasteiger partial charge >= 0.3 is 5.69 Å². The van der Waals surface area contributed by atoms with Crippen LogP contribution in [0.5, 0.6) is 0 Å². The van der Waals surface area contributed by atoms with E-state index >= 15 is 0 Å². The molecule has 0 unspecified atom stereocenters. The summed E-state index contributed by atoms with van der Waals surface area (Å²) in [5, 5.41) is 3.41. The standard InChI is InChI=1S/C22H23N3O3/c1-3-18(20(26)23-15-11-12-15)25-19-10-5-4-9-17(19)21(27)24(22(25)28)16-8-6-7-14(2)13-16/h4-10,13,15,18H,3,11-12H2,1-2H3,(H,23,26)/t18-/m1/s1. The largest absolute Gasteiger partial charge is 0.352 e. The smallest absolute Gasteiger partial charge is 0.336 e. The number of para-hydroxylation sites is 1. The Morgan fingerprint density at radius 2 is 1.89 bits per heavy atom. The summed E-state index contributed by atoms with van der Waals surface area (Å²) in [6.45, 7) is 3.78. The Labute approximate surface area is 162 Å². The molecule has 1 N–H and O–H groups in total. The third-order valence-corrected chi connectivity index (χ3v) is 5.18. The minimum atomic E-state index is -0.672. The van der Waals surface area contributed by atoms with E-state index in [0.29, 0.717) is 23.0 Å². The third kappa shape index (κ3) is 3.15. The molecule has 144 valence electrons. The van der Waals surface area contributed by atoms with Gasteiger partial charge < -0.3 is 5.32 Å². The van der Waals surface area contributed by atoms with Crippen LogP contribution in [0.25, 0.3) is 16.6 Å². The zero-order chi connectivity index (χ0) is 19.8. The number of hydrogen-bond donors (Lipinski definition) is 1. The van der Waals surface area contributed by atoms with Crippen molar-refractivity contribution < 1.29 is 4.79 Å². The van der Waals surface area contributed by atoms with Gasteiger partial charge in [-0.05, 0) is 56.0 Å². The molecule has 1 aliphatic rings. The van der Waals surface area contributed by atoms with Crippen LogP contribution in [0.3, 0.4) is 0 Å². The normalized spacial score (nSPS) is 14.8. The van der Waals surface area contributed by atoms with E-state index in [1.807, 2.05) is 26.0 Å². The van der Waals surface area contributed by atoms with Crippen molar-refractivity contribution in [2.45, 2.75) is 45.2 Å². The number of nitrogens with zero attached hydrogens (tertiary/aromatic N) is 2. The van der Waals surface area contributed by atoms with Gasteiger partial charge in [0.25, 0.3) is 5.56 Å². The van der Waals surface area contributed by atoms with Gasteiger partial charge in [-0.15, -0.1) is 0 Å². The molecule has 3 aromatic rings. The zero-order valence-electron chi connectivity index (χ0n) is 16.0. The van der Waals surface area contributed by atoms with Gasteiger partial charge in [0.15, 0.2) is 0 Å². The molecule has 0 spiro atoms. The lowest BCUT2D eigenvalue weighted by Gasteiger charge is -2.21. The topological polar surface area (TPSA) is 73.1 Å². The van der Waals surface area contributed by atoms with Gasteiger partial charge in [-0.25, -0.2) is 9.36 Å². The minimum absolute atomic E-state index is 0.174. The first-order valence-electron chi connectivity index (χ1n) is 9.65. The van der Waals surface area contributed by atoms with E-state index in [1.54, 1.807) is 36.4 Å². The SMILES string of the molecule is CC[C@H](C(=O)NC1CC1)n1c(=O)n(-c2cccc(C)c2)c(=O)c2ccccc21. The highest BCUT2D eigenvalue weighted by Gasteiger charge is 2.30. The summed E-state index contributed by atoms with van der Waals surface area (Å²) in [7, 11) is 0. The van der Waals surface area contributed by atoms with Crippen LogP contribution in [0.4, 0.5) is 0 Å². The summed E-state index contributed by atoms with van der Waals surface area (Å²) in [6, 6.07) is 13.8. The van der Waals surface area contributed by atoms with E-state index in [1.165, 1.54) is 9.13 Å². The number of rotatable bonds is 5. The molecule has 28 heavy (non-hydrogen) atoms. The second-order valence-electron chi connectivity index (χ2n) is 7.36. The molecular weight excluding hydrogens is 354 g/mol. The van der Waals surface area contributed by atoms with Crippen molar-refractivity contribution in [3.05, 3.63) is 74.9 Å². The first-order valence-corrected chi connectivity index (χ1v) is 9.65. The average Bonchev–Trinajstić information content (AvgIpc) is 3.49. The van der Waals surface area contributed by atoms with Gasteiger partial charge in [-0.3, -0.25) is 14.2 Å². The molecular formula is C22H23N3O3. The van der Waals surface area contributed by atoms with Gasteiger partial charge in [0.1, 0.15) is 6.04 Å². The van der Waals surface area contributed by atoms with Crippen molar-refractivity contribution in [1.82, 2.24) is 14.5 Å². The van der Waals surface area contributed by atoms with Gasteiger partial charge in [0.05, 0.1) is 16.6 Å². The predicted octanol–water partition coefficient (Wildman–Crippen LogP) is 2.69. The van der Waals surface area contributed by atoms with Crippen molar-refractivity contribution in [3.63, 3.8) is 0 Å². The van der Waals surface area contributed by atoms with Crippen LogP contribution in [-0.4, -0.2) is 21.1 Å². The second kappa shape index (κ2) is 7.11. The number of carbonyl (C=O) groups is 1. The highest BCUT2D eigenvalue weighted by Crippen LogP contribution is 2.22. The number of aromatic nitrogens is 2. The maximum absolute atomic E-state index is 13.5. The van der Waals surface area contributed by atoms with Crippen LogP contribution in [0.2, 0.25) is 0 Å². The molecule has 0 saturated heterocycles. The fraction of sp³-hybridized carbons (Fsp3) is 0.318. The van der Waals surface area contributed by atoms with Gasteiger partial charge in [-0.1, -0.05) is 31.2 Å². The monoisotopic (exact) mass is 377 g/mol. The highest BCUT2D eigenvalue weighted by atomic mass is 16.2. The molecule has 6 nitrogen and oxygen atoms in total. The molecule has 1 aromatic heterocycles. The van der Waals surface area contributed by atoms with Gasteiger partial charge in [-0.2, -0.15) is 0 Å². The van der Waals surface area contributed by atoms with Crippen LogP contribution in [0.15, 0.2) is 58.1 Å². The van der Waals surface area contributed by atoms with Crippen molar-refractivity contribution in [1.29, 1.82) is 0 Å². The Balaban J connectivity index is 2.01. The van der Waals surface area contributed by atoms with E-state index in [0.717, 1.165) is 18.4 Å². The maximum atomic E-state index is 13.5. The Kier molecular flexibility index (Phi) is 4.63. The number of hydrogen-bond acceptors (Lipinski definition) is 3. The van der Waals surface area contributed by atoms with E-state index in [4.69, 9.17) is 0 Å². The van der Waals surface area contributed by atoms with Crippen LogP contribution < -0.4 is 16.6 Å². The van der Waals surface area contributed by atoms with Crippen LogP contribution in [0, 0.1) is 6.92 Å². The zero-order valence-corrected chi connectivity index (χ0v) is 16.0. The first kappa shape index (κ1) is 18.2. The van der Waals surface area contributed by atoms with E-state index in [9.17, 15) is 14.4 Å². The summed E-state index contributed by atoms with van der Waals surface area (Å²) in [6.07, 6.45) is 2.40. The van der Waals surface area contributed by atoms with Crippen molar-refractivity contribution in [3.8, 4) is 5.69 Å². The molecule has 2 aromatic carbocycles. The molecule has 1 saturated carbocycles. The Morgan fingerprint density at radius 1 is 1.14 bits per heavy atom. The number of carbonyl (C=O) groups excluding carboxylic acids is 1. The van der Waals surface area contributed by atoms with E-state index in [-0.39, 0.29) is 17.5 Å². The van der Waals surface area contributed by atoms with Crippen LogP contribution in [-0.2, 0) is 4.79 Å². The molecule has 0 aliphatic heterocycles. The van der Waals surface area contributed by atoms with Gasteiger partial charge in [0.2, 0.25) is 5.91 Å². The lowest BCUT2D eigenvalue weighted by Crippen LogP contribution is -2.44. The molecule has 4 rings (SSSR count). The molecule has 0 bridgehead atoms. The van der Waals surface area contributed by atoms with Crippen LogP contribution in [0.1, 0.15) is 37.8 Å². The summed E-state index contributed by atoms with van der Waals surface area (Å²) in [4.78, 5) is 39.4. The highest BCUT2D eigenvalue weighted by molar-refractivity contribution is 5.85. The third-order valence-electron chi connectivity index (χ3n) is 5.18. The van der Waals surface area contributed by atoms with Crippen molar-refractivity contribution in [2.24, 2.45) is 0 Å². The summed E-state index contributed by atoms with van der Waals surface area (Å²) >= 11 is 0. The predicted molar refractivity (Wildman–Crippen MR) is 109 cm³/mol. The molecule has 1 atom stereocenters. The number of aryl methyl sites for hydroxylation is 1. The summed E-state index contributed by atoms with van der Waals surface area (Å²) in [5.41, 5.74) is 1.07. The number of amides is 1. The Morgan fingerprint density at radius 3 is 2.57 bits per heavy atom. The number of nitrogens with one attached hydrogen (secondary N) is 1. The molecule has 1 amide bonds. The molecule has 1 aliphatic carbocycles. The lowest BCUT2D eigenvalue weighted by molar-refractivity contribution is -0.124.